The first-order valence-electron chi connectivity index (χ1n) is 6.06. The molecule has 9 heteroatoms. The van der Waals surface area contributed by atoms with Crippen LogP contribution in [0.15, 0.2) is 28.2 Å². The van der Waals surface area contributed by atoms with Crippen LogP contribution >= 0.6 is 0 Å². The highest BCUT2D eigenvalue weighted by Crippen LogP contribution is 2.22. The molecule has 1 N–H and O–H groups in total. The van der Waals surface area contributed by atoms with Crippen LogP contribution in [0.3, 0.4) is 0 Å². The number of hydrogen-bond acceptors (Lipinski definition) is 4. The Morgan fingerprint density at radius 3 is 2.75 bits per heavy atom. The number of benzene rings is 1. The van der Waals surface area contributed by atoms with Crippen molar-refractivity contribution in [1.82, 2.24) is 9.62 Å². The SMILES string of the molecule is [N-]=[N+]=NCc1ccc(F)cc1S(=O)(=O)N1CCNCC1. The van der Waals surface area contributed by atoms with E-state index in [4.69, 9.17) is 5.53 Å². The summed E-state index contributed by atoms with van der Waals surface area (Å²) in [6.07, 6.45) is 0. The molecule has 20 heavy (non-hydrogen) atoms. The van der Waals surface area contributed by atoms with Crippen LogP contribution in [0.1, 0.15) is 5.56 Å². The number of nitrogens with zero attached hydrogens (tertiary/aromatic N) is 4. The third-order valence-electron chi connectivity index (χ3n) is 3.03. The second kappa shape index (κ2) is 6.19. The minimum atomic E-state index is -3.78. The topological polar surface area (TPSA) is 98.2 Å². The zero-order chi connectivity index (χ0) is 14.6. The standard InChI is InChI=1S/C11H14FN5O2S/c12-10-2-1-9(8-15-16-13)11(7-10)20(18,19)17-5-3-14-4-6-17/h1-2,7,14H,3-6,8H2. The molecule has 2 rings (SSSR count). The van der Waals surface area contributed by atoms with Crippen molar-refractivity contribution in [2.45, 2.75) is 11.4 Å². The van der Waals surface area contributed by atoms with Gasteiger partial charge in [0.05, 0.1) is 11.4 Å². The molecule has 0 amide bonds. The minimum absolute atomic E-state index is 0.128. The smallest absolute Gasteiger partial charge is 0.243 e. The van der Waals surface area contributed by atoms with Crippen LogP contribution in [-0.2, 0) is 16.6 Å². The molecule has 0 bridgehead atoms. The maximum Gasteiger partial charge on any atom is 0.243 e. The molecule has 1 heterocycles. The average Bonchev–Trinajstić information content (AvgIpc) is 2.47. The number of rotatable bonds is 4. The third kappa shape index (κ3) is 3.07. The molecule has 108 valence electrons. The van der Waals surface area contributed by atoms with Gasteiger partial charge in [-0.3, -0.25) is 0 Å². The predicted molar refractivity (Wildman–Crippen MR) is 70.9 cm³/mol. The van der Waals surface area contributed by atoms with Gasteiger partial charge < -0.3 is 5.32 Å². The monoisotopic (exact) mass is 299 g/mol. The summed E-state index contributed by atoms with van der Waals surface area (Å²) in [4.78, 5) is 2.47. The maximum atomic E-state index is 13.4. The highest BCUT2D eigenvalue weighted by molar-refractivity contribution is 7.89. The summed E-state index contributed by atoms with van der Waals surface area (Å²) >= 11 is 0. The van der Waals surface area contributed by atoms with E-state index in [-0.39, 0.29) is 11.4 Å². The average molecular weight is 299 g/mol. The fourth-order valence-electron chi connectivity index (χ4n) is 2.03. The van der Waals surface area contributed by atoms with Crippen molar-refractivity contribution in [3.05, 3.63) is 40.0 Å². The van der Waals surface area contributed by atoms with Crippen LogP contribution in [0.2, 0.25) is 0 Å². The molecule has 0 saturated carbocycles. The van der Waals surface area contributed by atoms with E-state index in [1.54, 1.807) is 0 Å². The molecular formula is C11H14FN5O2S. The van der Waals surface area contributed by atoms with E-state index >= 15 is 0 Å². The van der Waals surface area contributed by atoms with E-state index in [1.165, 1.54) is 10.4 Å². The van der Waals surface area contributed by atoms with E-state index in [1.807, 2.05) is 0 Å². The van der Waals surface area contributed by atoms with Crippen LogP contribution < -0.4 is 5.32 Å². The van der Waals surface area contributed by atoms with Gasteiger partial charge in [0.2, 0.25) is 10.0 Å². The number of hydrogen-bond donors (Lipinski definition) is 1. The van der Waals surface area contributed by atoms with Crippen molar-refractivity contribution < 1.29 is 12.8 Å². The Morgan fingerprint density at radius 2 is 2.10 bits per heavy atom. The lowest BCUT2D eigenvalue weighted by atomic mass is 10.2. The van der Waals surface area contributed by atoms with Crippen molar-refractivity contribution in [3.63, 3.8) is 0 Å². The zero-order valence-electron chi connectivity index (χ0n) is 10.7. The quantitative estimate of drug-likeness (QED) is 0.514. The predicted octanol–water partition coefficient (Wildman–Crippen LogP) is 1.23. The fourth-order valence-corrected chi connectivity index (χ4v) is 3.70. The minimum Gasteiger partial charge on any atom is -0.314 e. The number of piperazine rings is 1. The van der Waals surface area contributed by atoms with E-state index in [2.05, 4.69) is 15.3 Å². The zero-order valence-corrected chi connectivity index (χ0v) is 11.5. The Kier molecular flexibility index (Phi) is 4.56. The van der Waals surface area contributed by atoms with Crippen molar-refractivity contribution in [2.75, 3.05) is 26.2 Å². The van der Waals surface area contributed by atoms with Gasteiger partial charge in [-0.05, 0) is 23.2 Å². The number of azide groups is 1. The number of halogens is 1. The van der Waals surface area contributed by atoms with Gasteiger partial charge in [0.25, 0.3) is 0 Å². The Bertz CT molecular complexity index is 636. The first kappa shape index (κ1) is 14.7. The lowest BCUT2D eigenvalue weighted by Gasteiger charge is -2.27. The summed E-state index contributed by atoms with van der Waals surface area (Å²) in [7, 11) is -3.78. The molecule has 1 fully saturated rings. The molecule has 0 radical (unpaired) electrons. The van der Waals surface area contributed by atoms with E-state index < -0.39 is 15.8 Å². The number of sulfonamides is 1. The van der Waals surface area contributed by atoms with E-state index in [9.17, 15) is 12.8 Å². The highest BCUT2D eigenvalue weighted by atomic mass is 32.2. The fraction of sp³-hybridized carbons (Fsp3) is 0.455. The largest absolute Gasteiger partial charge is 0.314 e. The second-order valence-electron chi connectivity index (χ2n) is 4.30. The molecular weight excluding hydrogens is 285 g/mol. The summed E-state index contributed by atoms with van der Waals surface area (Å²) in [5.41, 5.74) is 8.63. The van der Waals surface area contributed by atoms with Gasteiger partial charge in [-0.1, -0.05) is 11.2 Å². The Hall–Kier alpha value is -1.67. The first-order chi connectivity index (χ1) is 9.55. The first-order valence-corrected chi connectivity index (χ1v) is 7.50. The van der Waals surface area contributed by atoms with Gasteiger partial charge >= 0.3 is 0 Å². The van der Waals surface area contributed by atoms with Crippen molar-refractivity contribution in [2.24, 2.45) is 5.11 Å². The normalized spacial score (nSPS) is 16.6. The summed E-state index contributed by atoms with van der Waals surface area (Å²) in [5, 5.41) is 6.41. The molecule has 0 unspecified atom stereocenters. The van der Waals surface area contributed by atoms with Crippen LogP contribution in [0.4, 0.5) is 4.39 Å². The molecule has 0 aliphatic carbocycles. The van der Waals surface area contributed by atoms with Gasteiger partial charge in [0.1, 0.15) is 5.82 Å². The van der Waals surface area contributed by atoms with E-state index in [0.29, 0.717) is 31.7 Å². The Morgan fingerprint density at radius 1 is 1.40 bits per heavy atom. The summed E-state index contributed by atoms with van der Waals surface area (Å²) in [6.45, 7) is 1.65. The van der Waals surface area contributed by atoms with Crippen LogP contribution in [0, 0.1) is 5.82 Å². The molecule has 0 atom stereocenters. The van der Waals surface area contributed by atoms with Gasteiger partial charge in [-0.2, -0.15) is 4.31 Å². The molecule has 1 aromatic carbocycles. The van der Waals surface area contributed by atoms with Crippen molar-refractivity contribution in [1.29, 1.82) is 0 Å². The molecule has 0 spiro atoms. The van der Waals surface area contributed by atoms with E-state index in [0.717, 1.165) is 12.1 Å². The van der Waals surface area contributed by atoms with Crippen LogP contribution in [0.5, 0.6) is 0 Å². The Labute approximate surface area is 116 Å². The lowest BCUT2D eigenvalue weighted by Crippen LogP contribution is -2.46. The molecule has 1 aliphatic heterocycles. The summed E-state index contributed by atoms with van der Waals surface area (Å²) in [6, 6.07) is 3.46. The second-order valence-corrected chi connectivity index (χ2v) is 6.20. The number of nitrogens with one attached hydrogen (secondary N) is 1. The van der Waals surface area contributed by atoms with Crippen molar-refractivity contribution in [3.8, 4) is 0 Å². The summed E-state index contributed by atoms with van der Waals surface area (Å²) < 4.78 is 39.7. The Balaban J connectivity index is 2.43. The maximum absolute atomic E-state index is 13.4. The van der Waals surface area contributed by atoms with Crippen molar-refractivity contribution >= 4 is 10.0 Å². The molecule has 1 saturated heterocycles. The van der Waals surface area contributed by atoms with Gasteiger partial charge in [-0.15, -0.1) is 0 Å². The van der Waals surface area contributed by atoms with Gasteiger partial charge in [0, 0.05) is 31.1 Å². The third-order valence-corrected chi connectivity index (χ3v) is 5.01. The van der Waals surface area contributed by atoms with Crippen LogP contribution in [-0.4, -0.2) is 38.9 Å². The van der Waals surface area contributed by atoms with Gasteiger partial charge in [-0.25, -0.2) is 12.8 Å². The van der Waals surface area contributed by atoms with Gasteiger partial charge in [0.15, 0.2) is 0 Å². The molecule has 0 aromatic heterocycles. The highest BCUT2D eigenvalue weighted by Gasteiger charge is 2.28. The molecule has 7 nitrogen and oxygen atoms in total. The molecule has 1 aromatic rings. The molecule has 1 aliphatic rings. The lowest BCUT2D eigenvalue weighted by molar-refractivity contribution is 0.359. The summed E-state index contributed by atoms with van der Waals surface area (Å²) in [5.74, 6) is -0.636. The van der Waals surface area contributed by atoms with Crippen LogP contribution in [0.25, 0.3) is 10.4 Å².